The van der Waals surface area contributed by atoms with Crippen LogP contribution in [-0.2, 0) is 27.1 Å². The van der Waals surface area contributed by atoms with Gasteiger partial charge in [-0.05, 0) is 132 Å². The molecule has 1 nitrogen and oxygen atoms in total. The van der Waals surface area contributed by atoms with Crippen LogP contribution in [0.1, 0.15) is 127 Å². The lowest BCUT2D eigenvalue weighted by Gasteiger charge is -2.43. The molecule has 0 spiro atoms. The zero-order valence-electron chi connectivity index (χ0n) is 37.4. The fourth-order valence-electron chi connectivity index (χ4n) is 10.5. The summed E-state index contributed by atoms with van der Waals surface area (Å²) >= 11 is 0. The third kappa shape index (κ3) is 6.44. The van der Waals surface area contributed by atoms with Gasteiger partial charge in [0.05, 0.1) is 11.1 Å². The quantitative estimate of drug-likeness (QED) is 0.162. The van der Waals surface area contributed by atoms with Crippen molar-refractivity contribution in [3.63, 3.8) is 0 Å². The molecule has 0 N–H and O–H groups in total. The summed E-state index contributed by atoms with van der Waals surface area (Å²) in [5, 5.41) is 0. The van der Waals surface area contributed by atoms with Gasteiger partial charge in [0, 0.05) is 16.9 Å². The molecule has 1 heteroatoms. The SMILES string of the molecule is CC(C)(C)c1ccc(N(c2ccc(C(C)(C)C)cc2)c2cc3c(cc2-c2cccc4c2C(C)(C)CCC4(C)C)-c2ccccc2C3(c2ccccc2)c2ccccc2)cc1. The Morgan fingerprint density at radius 2 is 0.867 bits per heavy atom. The topological polar surface area (TPSA) is 3.24 Å². The molecule has 0 aromatic heterocycles. The lowest BCUT2D eigenvalue weighted by molar-refractivity contribution is 0.333. The van der Waals surface area contributed by atoms with Gasteiger partial charge in [0.1, 0.15) is 0 Å². The fourth-order valence-corrected chi connectivity index (χ4v) is 10.5. The van der Waals surface area contributed by atoms with E-state index >= 15 is 0 Å². The Hall–Kier alpha value is -5.66. The summed E-state index contributed by atoms with van der Waals surface area (Å²) in [5.41, 5.74) is 19.1. The number of benzene rings is 7. The van der Waals surface area contributed by atoms with E-state index in [2.05, 4.69) is 238 Å². The van der Waals surface area contributed by atoms with Gasteiger partial charge in [0.15, 0.2) is 0 Å². The zero-order chi connectivity index (χ0) is 42.2. The minimum atomic E-state index is -0.531. The molecule has 0 atom stereocenters. The van der Waals surface area contributed by atoms with Crippen molar-refractivity contribution in [3.8, 4) is 22.3 Å². The Labute approximate surface area is 360 Å². The van der Waals surface area contributed by atoms with Crippen LogP contribution in [0.2, 0.25) is 0 Å². The van der Waals surface area contributed by atoms with Crippen molar-refractivity contribution in [1.29, 1.82) is 0 Å². The molecule has 302 valence electrons. The summed E-state index contributed by atoms with van der Waals surface area (Å²) in [6, 6.07) is 62.6. The number of hydrogen-bond donors (Lipinski definition) is 0. The van der Waals surface area contributed by atoms with E-state index in [4.69, 9.17) is 0 Å². The van der Waals surface area contributed by atoms with Gasteiger partial charge in [-0.1, -0.05) is 197 Å². The van der Waals surface area contributed by atoms with E-state index in [1.165, 1.54) is 78.9 Å². The lowest BCUT2D eigenvalue weighted by atomic mass is 9.61. The van der Waals surface area contributed by atoms with E-state index in [1.807, 2.05) is 0 Å². The third-order valence-electron chi connectivity index (χ3n) is 13.9. The summed E-state index contributed by atoms with van der Waals surface area (Å²) < 4.78 is 0. The van der Waals surface area contributed by atoms with Gasteiger partial charge in [0.2, 0.25) is 0 Å². The number of rotatable bonds is 6. The highest BCUT2D eigenvalue weighted by Gasteiger charge is 2.47. The summed E-state index contributed by atoms with van der Waals surface area (Å²) in [5.74, 6) is 0. The second kappa shape index (κ2) is 14.2. The predicted molar refractivity (Wildman–Crippen MR) is 257 cm³/mol. The van der Waals surface area contributed by atoms with Crippen molar-refractivity contribution in [2.75, 3.05) is 4.90 Å². The van der Waals surface area contributed by atoms with Gasteiger partial charge in [-0.3, -0.25) is 0 Å². The molecular formula is C59H61N. The molecule has 2 aliphatic carbocycles. The van der Waals surface area contributed by atoms with E-state index in [0.717, 1.165) is 17.8 Å². The minimum absolute atomic E-state index is 0.00101. The highest BCUT2D eigenvalue weighted by molar-refractivity contribution is 5.97. The van der Waals surface area contributed by atoms with Crippen LogP contribution < -0.4 is 4.90 Å². The number of fused-ring (bicyclic) bond motifs is 4. The molecule has 0 saturated heterocycles. The van der Waals surface area contributed by atoms with Crippen molar-refractivity contribution in [1.82, 2.24) is 0 Å². The first-order valence-electron chi connectivity index (χ1n) is 22.1. The highest BCUT2D eigenvalue weighted by Crippen LogP contribution is 2.60. The second-order valence-corrected chi connectivity index (χ2v) is 20.9. The van der Waals surface area contributed by atoms with Crippen LogP contribution in [0.15, 0.2) is 164 Å². The van der Waals surface area contributed by atoms with Gasteiger partial charge < -0.3 is 4.90 Å². The standard InChI is InChI=1S/C59H61N/c1-55(2,3)40-28-32-44(33-29-40)60(45-34-30-41(31-35-45)56(4,5)6)53-39-52-48(38-49(53)47-25-19-27-51-54(47)58(9,10)37-36-57(51,7)8)46-24-17-18-26-50(46)59(52,42-20-13-11-14-21-42)43-22-15-12-16-23-43/h11-35,38-39H,36-37H2,1-10H3. The van der Waals surface area contributed by atoms with Crippen LogP contribution in [-0.4, -0.2) is 0 Å². The van der Waals surface area contributed by atoms with Crippen LogP contribution >= 0.6 is 0 Å². The molecule has 0 fully saturated rings. The Bertz CT molecular complexity index is 2580. The molecule has 0 saturated carbocycles. The molecule has 0 aliphatic heterocycles. The van der Waals surface area contributed by atoms with Gasteiger partial charge in [-0.2, -0.15) is 0 Å². The van der Waals surface area contributed by atoms with Crippen LogP contribution in [0.3, 0.4) is 0 Å². The Balaban J connectivity index is 1.44. The van der Waals surface area contributed by atoms with Crippen molar-refractivity contribution < 1.29 is 0 Å². The number of anilines is 3. The van der Waals surface area contributed by atoms with E-state index in [0.29, 0.717) is 0 Å². The zero-order valence-corrected chi connectivity index (χ0v) is 37.4. The van der Waals surface area contributed by atoms with E-state index in [1.54, 1.807) is 0 Å². The average Bonchev–Trinajstić information content (AvgIpc) is 3.52. The normalized spacial score (nSPS) is 16.1. The molecule has 0 amide bonds. The van der Waals surface area contributed by atoms with Gasteiger partial charge >= 0.3 is 0 Å². The first-order valence-corrected chi connectivity index (χ1v) is 22.1. The summed E-state index contributed by atoms with van der Waals surface area (Å²) in [6.07, 6.45) is 2.31. The third-order valence-corrected chi connectivity index (χ3v) is 13.9. The van der Waals surface area contributed by atoms with Crippen molar-refractivity contribution >= 4 is 17.1 Å². The Kier molecular flexibility index (Phi) is 9.43. The molecular weight excluding hydrogens is 723 g/mol. The smallest absolute Gasteiger partial charge is 0.0714 e. The van der Waals surface area contributed by atoms with E-state index in [-0.39, 0.29) is 21.7 Å². The summed E-state index contributed by atoms with van der Waals surface area (Å²) in [6.45, 7) is 23.6. The first kappa shape index (κ1) is 39.8. The maximum atomic E-state index is 2.58. The van der Waals surface area contributed by atoms with Gasteiger partial charge in [-0.15, -0.1) is 0 Å². The molecule has 0 radical (unpaired) electrons. The Morgan fingerprint density at radius 3 is 1.40 bits per heavy atom. The highest BCUT2D eigenvalue weighted by atomic mass is 15.1. The second-order valence-electron chi connectivity index (χ2n) is 20.9. The summed E-state index contributed by atoms with van der Waals surface area (Å²) in [4.78, 5) is 2.55. The van der Waals surface area contributed by atoms with Crippen LogP contribution in [0.5, 0.6) is 0 Å². The molecule has 7 aromatic rings. The average molecular weight is 784 g/mol. The Morgan fingerprint density at radius 1 is 0.400 bits per heavy atom. The molecule has 0 heterocycles. The largest absolute Gasteiger partial charge is 0.310 e. The van der Waals surface area contributed by atoms with Crippen molar-refractivity contribution in [3.05, 3.63) is 208 Å². The number of nitrogens with zero attached hydrogens (tertiary/aromatic N) is 1. The molecule has 0 bridgehead atoms. The predicted octanol–water partition coefficient (Wildman–Crippen LogP) is 16.1. The van der Waals surface area contributed by atoms with Crippen LogP contribution in [0.4, 0.5) is 17.1 Å². The molecule has 9 rings (SSSR count). The van der Waals surface area contributed by atoms with Gasteiger partial charge in [-0.25, -0.2) is 0 Å². The number of hydrogen-bond acceptors (Lipinski definition) is 1. The van der Waals surface area contributed by atoms with Gasteiger partial charge in [0.25, 0.3) is 0 Å². The fraction of sp³-hybridized carbons (Fsp3) is 0.288. The van der Waals surface area contributed by atoms with Crippen LogP contribution in [0, 0.1) is 0 Å². The first-order chi connectivity index (χ1) is 28.5. The minimum Gasteiger partial charge on any atom is -0.310 e. The molecule has 7 aromatic carbocycles. The van der Waals surface area contributed by atoms with E-state index < -0.39 is 5.41 Å². The van der Waals surface area contributed by atoms with Crippen LogP contribution in [0.25, 0.3) is 22.3 Å². The molecule has 0 unspecified atom stereocenters. The lowest BCUT2D eigenvalue weighted by Crippen LogP contribution is -2.34. The molecule has 2 aliphatic rings. The van der Waals surface area contributed by atoms with E-state index in [9.17, 15) is 0 Å². The summed E-state index contributed by atoms with van der Waals surface area (Å²) in [7, 11) is 0. The molecule has 60 heavy (non-hydrogen) atoms. The van der Waals surface area contributed by atoms with Crippen molar-refractivity contribution in [2.45, 2.75) is 109 Å². The maximum absolute atomic E-state index is 2.58. The maximum Gasteiger partial charge on any atom is 0.0714 e. The van der Waals surface area contributed by atoms with Crippen molar-refractivity contribution in [2.24, 2.45) is 0 Å². The monoisotopic (exact) mass is 783 g/mol.